The monoisotopic (exact) mass is 712 g/mol. The predicted octanol–water partition coefficient (Wildman–Crippen LogP) is 13.5. The van der Waals surface area contributed by atoms with Crippen molar-refractivity contribution in [1.82, 2.24) is 19.1 Å². The van der Waals surface area contributed by atoms with Crippen molar-refractivity contribution >= 4 is 76.2 Å². The molecule has 0 amide bonds. The molecule has 0 saturated carbocycles. The van der Waals surface area contributed by atoms with E-state index in [-0.39, 0.29) is 0 Å². The lowest BCUT2D eigenvalue weighted by Gasteiger charge is -2.14. The van der Waals surface area contributed by atoms with Crippen LogP contribution in [0.5, 0.6) is 0 Å². The van der Waals surface area contributed by atoms with Crippen molar-refractivity contribution in [3.63, 3.8) is 0 Å². The molecule has 0 spiro atoms. The lowest BCUT2D eigenvalue weighted by atomic mass is 9.99. The maximum Gasteiger partial charge on any atom is 0.0979 e. The minimum Gasteiger partial charge on any atom is -0.307 e. The molecule has 0 aliphatic heterocycles. The minimum atomic E-state index is 0.845. The van der Waals surface area contributed by atoms with Crippen LogP contribution in [0.15, 0.2) is 194 Å². The number of nitrogens with zero attached hydrogens (tertiary/aromatic N) is 4. The summed E-state index contributed by atoms with van der Waals surface area (Å²) in [6, 6.07) is 67.6. The van der Waals surface area contributed by atoms with Gasteiger partial charge in [-0.05, 0) is 58.3 Å². The number of benzene rings is 9. The molecule has 0 aliphatic rings. The van der Waals surface area contributed by atoms with Crippen LogP contribution in [0.4, 0.5) is 0 Å². The van der Waals surface area contributed by atoms with Gasteiger partial charge in [-0.15, -0.1) is 0 Å². The van der Waals surface area contributed by atoms with Crippen LogP contribution in [0.1, 0.15) is 0 Å². The number of aromatic nitrogens is 4. The molecule has 0 bridgehead atoms. The summed E-state index contributed by atoms with van der Waals surface area (Å²) in [6.45, 7) is 0. The van der Waals surface area contributed by atoms with Crippen LogP contribution in [0, 0.1) is 0 Å². The second kappa shape index (κ2) is 12.0. The van der Waals surface area contributed by atoms with Crippen molar-refractivity contribution in [2.75, 3.05) is 0 Å². The molecule has 260 valence electrons. The smallest absolute Gasteiger partial charge is 0.0979 e. The van der Waals surface area contributed by atoms with E-state index < -0.39 is 0 Å². The van der Waals surface area contributed by atoms with E-state index in [2.05, 4.69) is 197 Å². The quantitative estimate of drug-likeness (QED) is 0.170. The average Bonchev–Trinajstić information content (AvgIpc) is 3.80. The first-order valence-electron chi connectivity index (χ1n) is 19.1. The van der Waals surface area contributed by atoms with Gasteiger partial charge in [-0.3, -0.25) is 4.98 Å². The first-order chi connectivity index (χ1) is 27.8. The first-order valence-corrected chi connectivity index (χ1v) is 19.1. The summed E-state index contributed by atoms with van der Waals surface area (Å²) >= 11 is 0. The topological polar surface area (TPSA) is 35.6 Å². The number of hydrogen-bond acceptors (Lipinski definition) is 2. The molecule has 0 radical (unpaired) electrons. The second-order valence-corrected chi connectivity index (χ2v) is 14.6. The Bertz CT molecular complexity index is 3500. The van der Waals surface area contributed by atoms with Gasteiger partial charge in [0.1, 0.15) is 0 Å². The van der Waals surface area contributed by atoms with Crippen molar-refractivity contribution in [3.05, 3.63) is 194 Å². The molecule has 3 heterocycles. The van der Waals surface area contributed by atoms with E-state index in [0.717, 1.165) is 50.0 Å². The lowest BCUT2D eigenvalue weighted by molar-refractivity contribution is 1.15. The number of hydrogen-bond donors (Lipinski definition) is 0. The highest BCUT2D eigenvalue weighted by atomic mass is 15.0. The molecule has 0 atom stereocenters. The van der Waals surface area contributed by atoms with E-state index in [1.54, 1.807) is 0 Å². The molecule has 0 fully saturated rings. The van der Waals surface area contributed by atoms with Crippen LogP contribution in [0.3, 0.4) is 0 Å². The van der Waals surface area contributed by atoms with Crippen LogP contribution in [-0.2, 0) is 0 Å². The molecule has 4 heteroatoms. The fourth-order valence-electron chi connectivity index (χ4n) is 9.06. The van der Waals surface area contributed by atoms with Gasteiger partial charge in [-0.2, -0.15) is 0 Å². The SMILES string of the molecule is c1ccc(-c2cccc(-n3c4ccccc4c4ccc5c6ccccc6n(-c6cccc(-c7cnc8c9ccccc9c9ccccc9c8n7)c6)c5c43)c2)cc1. The summed E-state index contributed by atoms with van der Waals surface area (Å²) in [5.41, 5.74) is 13.0. The van der Waals surface area contributed by atoms with Gasteiger partial charge in [-0.1, -0.05) is 152 Å². The molecule has 3 aromatic heterocycles. The van der Waals surface area contributed by atoms with Crippen molar-refractivity contribution in [1.29, 1.82) is 0 Å². The largest absolute Gasteiger partial charge is 0.307 e. The Morgan fingerprint density at radius 3 is 1.39 bits per heavy atom. The molecule has 4 nitrogen and oxygen atoms in total. The maximum absolute atomic E-state index is 5.36. The Labute approximate surface area is 322 Å². The highest BCUT2D eigenvalue weighted by Crippen LogP contribution is 2.42. The highest BCUT2D eigenvalue weighted by molar-refractivity contribution is 6.25. The van der Waals surface area contributed by atoms with Crippen molar-refractivity contribution in [2.24, 2.45) is 0 Å². The summed E-state index contributed by atoms with van der Waals surface area (Å²) in [5.74, 6) is 0. The van der Waals surface area contributed by atoms with Crippen molar-refractivity contribution in [3.8, 4) is 33.8 Å². The van der Waals surface area contributed by atoms with E-state index in [9.17, 15) is 0 Å². The molecule has 0 N–H and O–H groups in total. The summed E-state index contributed by atoms with van der Waals surface area (Å²) < 4.78 is 4.91. The second-order valence-electron chi connectivity index (χ2n) is 14.6. The maximum atomic E-state index is 5.36. The number of rotatable bonds is 4. The average molecular weight is 713 g/mol. The summed E-state index contributed by atoms with van der Waals surface area (Å²) in [7, 11) is 0. The summed E-state index contributed by atoms with van der Waals surface area (Å²) in [5, 5.41) is 9.49. The predicted molar refractivity (Wildman–Crippen MR) is 234 cm³/mol. The summed E-state index contributed by atoms with van der Waals surface area (Å²) in [6.07, 6.45) is 1.93. The summed E-state index contributed by atoms with van der Waals surface area (Å²) in [4.78, 5) is 10.5. The Morgan fingerprint density at radius 2 is 0.786 bits per heavy atom. The third kappa shape index (κ3) is 4.47. The molecule has 12 rings (SSSR count). The van der Waals surface area contributed by atoms with E-state index in [4.69, 9.17) is 9.97 Å². The number of fused-ring (bicyclic) bond motifs is 13. The molecule has 56 heavy (non-hydrogen) atoms. The molecular formula is C52H32N4. The van der Waals surface area contributed by atoms with Crippen molar-refractivity contribution < 1.29 is 0 Å². The first kappa shape index (κ1) is 30.9. The molecule has 9 aromatic carbocycles. The van der Waals surface area contributed by atoms with Crippen LogP contribution in [0.2, 0.25) is 0 Å². The van der Waals surface area contributed by atoms with E-state index in [0.29, 0.717) is 0 Å². The van der Waals surface area contributed by atoms with Crippen LogP contribution in [0.25, 0.3) is 110 Å². The third-order valence-electron chi connectivity index (χ3n) is 11.5. The Balaban J connectivity index is 1.13. The Kier molecular flexibility index (Phi) is 6.60. The van der Waals surface area contributed by atoms with Gasteiger partial charge in [0.15, 0.2) is 0 Å². The van der Waals surface area contributed by atoms with Crippen LogP contribution < -0.4 is 0 Å². The van der Waals surface area contributed by atoms with Gasteiger partial charge in [0.25, 0.3) is 0 Å². The van der Waals surface area contributed by atoms with Crippen LogP contribution >= 0.6 is 0 Å². The zero-order valence-corrected chi connectivity index (χ0v) is 30.3. The number of para-hydroxylation sites is 2. The van der Waals surface area contributed by atoms with Gasteiger partial charge in [0, 0.05) is 49.3 Å². The van der Waals surface area contributed by atoms with E-state index >= 15 is 0 Å². The lowest BCUT2D eigenvalue weighted by Crippen LogP contribution is -1.99. The molecule has 12 aromatic rings. The Hall–Kier alpha value is -7.56. The molecule has 0 saturated heterocycles. The zero-order chi connectivity index (χ0) is 36.7. The minimum absolute atomic E-state index is 0.845. The van der Waals surface area contributed by atoms with Gasteiger partial charge in [0.05, 0.1) is 45.0 Å². The van der Waals surface area contributed by atoms with E-state index in [1.165, 1.54) is 60.0 Å². The van der Waals surface area contributed by atoms with E-state index in [1.807, 2.05) is 6.20 Å². The molecule has 0 aliphatic carbocycles. The standard InChI is InChI=1S/C52H32N4/c1-2-14-33(15-3-1)34-16-12-18-36(30-34)55-47-26-10-8-22-40(47)44-28-29-45-41-23-9-11-27-48(41)56(52(45)51(44)55)37-19-13-17-35(31-37)46-32-53-49-42-24-6-4-20-38(42)39-21-5-7-25-43(39)50(49)54-46/h1-32H. The van der Waals surface area contributed by atoms with Crippen molar-refractivity contribution in [2.45, 2.75) is 0 Å². The fourth-order valence-corrected chi connectivity index (χ4v) is 9.06. The van der Waals surface area contributed by atoms with Crippen LogP contribution in [-0.4, -0.2) is 19.1 Å². The van der Waals surface area contributed by atoms with Gasteiger partial charge in [0.2, 0.25) is 0 Å². The fraction of sp³-hybridized carbons (Fsp3) is 0. The zero-order valence-electron chi connectivity index (χ0n) is 30.3. The highest BCUT2D eigenvalue weighted by Gasteiger charge is 2.22. The molecular weight excluding hydrogens is 681 g/mol. The van der Waals surface area contributed by atoms with Gasteiger partial charge < -0.3 is 9.13 Å². The third-order valence-corrected chi connectivity index (χ3v) is 11.5. The van der Waals surface area contributed by atoms with Gasteiger partial charge >= 0.3 is 0 Å². The van der Waals surface area contributed by atoms with Gasteiger partial charge in [-0.25, -0.2) is 4.98 Å². The normalized spacial score (nSPS) is 11.9. The molecule has 0 unspecified atom stereocenters. The Morgan fingerprint density at radius 1 is 0.321 bits per heavy atom.